The van der Waals surface area contributed by atoms with Crippen molar-refractivity contribution in [3.63, 3.8) is 0 Å². The molecule has 1 unspecified atom stereocenters. The van der Waals surface area contributed by atoms with Crippen LogP contribution in [0.1, 0.15) is 30.0 Å². The van der Waals surface area contributed by atoms with E-state index < -0.39 is 0 Å². The third-order valence-electron chi connectivity index (χ3n) is 3.92. The first-order chi connectivity index (χ1) is 9.74. The van der Waals surface area contributed by atoms with E-state index in [-0.39, 0.29) is 5.82 Å². The monoisotopic (exact) mass is 333 g/mol. The summed E-state index contributed by atoms with van der Waals surface area (Å²) in [6.07, 6.45) is 2.28. The van der Waals surface area contributed by atoms with E-state index in [9.17, 15) is 4.39 Å². The fourth-order valence-electron chi connectivity index (χ4n) is 2.93. The predicted molar refractivity (Wildman–Crippen MR) is 82.9 cm³/mol. The number of likely N-dealkylation sites (tertiary alicyclic amines) is 1. The minimum atomic E-state index is -0.172. The zero-order valence-corrected chi connectivity index (χ0v) is 12.8. The lowest BCUT2D eigenvalue weighted by Crippen LogP contribution is -2.22. The molecule has 0 radical (unpaired) electrons. The molecule has 2 aromatic rings. The molecular formula is C17H17BrFN. The van der Waals surface area contributed by atoms with Crippen molar-refractivity contribution >= 4 is 15.9 Å². The van der Waals surface area contributed by atoms with Crippen LogP contribution >= 0.6 is 15.9 Å². The summed E-state index contributed by atoms with van der Waals surface area (Å²) in [7, 11) is 0. The van der Waals surface area contributed by atoms with Crippen LogP contribution in [0.15, 0.2) is 53.0 Å². The van der Waals surface area contributed by atoms with Gasteiger partial charge in [0, 0.05) is 12.6 Å². The van der Waals surface area contributed by atoms with Gasteiger partial charge in [-0.15, -0.1) is 0 Å². The molecule has 1 nitrogen and oxygen atoms in total. The molecule has 0 amide bonds. The summed E-state index contributed by atoms with van der Waals surface area (Å²) in [6.45, 7) is 2.01. The van der Waals surface area contributed by atoms with E-state index in [4.69, 9.17) is 0 Å². The lowest BCUT2D eigenvalue weighted by atomic mass is 10.0. The van der Waals surface area contributed by atoms with Crippen LogP contribution in [-0.4, -0.2) is 11.4 Å². The maximum absolute atomic E-state index is 13.7. The average molecular weight is 334 g/mol. The molecule has 1 fully saturated rings. The molecule has 1 aliphatic heterocycles. The van der Waals surface area contributed by atoms with Crippen molar-refractivity contribution in [1.29, 1.82) is 0 Å². The molecule has 1 atom stereocenters. The van der Waals surface area contributed by atoms with Crippen LogP contribution in [0.4, 0.5) is 4.39 Å². The van der Waals surface area contributed by atoms with Gasteiger partial charge in [-0.05, 0) is 58.6 Å². The Morgan fingerprint density at radius 2 is 1.95 bits per heavy atom. The molecule has 20 heavy (non-hydrogen) atoms. The zero-order chi connectivity index (χ0) is 13.9. The van der Waals surface area contributed by atoms with Crippen molar-refractivity contribution < 1.29 is 4.39 Å². The summed E-state index contributed by atoms with van der Waals surface area (Å²) in [4.78, 5) is 2.44. The Hall–Kier alpha value is -1.19. The third-order valence-corrected chi connectivity index (χ3v) is 4.56. The molecular weight excluding hydrogens is 317 g/mol. The Labute approximate surface area is 127 Å². The minimum Gasteiger partial charge on any atom is -0.292 e. The maximum Gasteiger partial charge on any atom is 0.137 e. The Morgan fingerprint density at radius 1 is 1.15 bits per heavy atom. The molecule has 0 aromatic heterocycles. The summed E-state index contributed by atoms with van der Waals surface area (Å²) >= 11 is 3.22. The highest BCUT2D eigenvalue weighted by Gasteiger charge is 2.26. The Kier molecular flexibility index (Phi) is 4.18. The second-order valence-corrected chi connectivity index (χ2v) is 6.14. The molecule has 2 aromatic carbocycles. The molecule has 0 bridgehead atoms. The van der Waals surface area contributed by atoms with Crippen LogP contribution in [0.25, 0.3) is 0 Å². The van der Waals surface area contributed by atoms with Crippen LogP contribution in [0, 0.1) is 5.82 Å². The van der Waals surface area contributed by atoms with Crippen LogP contribution in [0.5, 0.6) is 0 Å². The first-order valence-corrected chi connectivity index (χ1v) is 7.76. The van der Waals surface area contributed by atoms with E-state index in [2.05, 4.69) is 45.1 Å². The fraction of sp³-hybridized carbons (Fsp3) is 0.294. The van der Waals surface area contributed by atoms with E-state index in [1.165, 1.54) is 12.0 Å². The maximum atomic E-state index is 13.7. The molecule has 1 heterocycles. The van der Waals surface area contributed by atoms with E-state index in [1.807, 2.05) is 18.2 Å². The second-order valence-electron chi connectivity index (χ2n) is 5.29. The van der Waals surface area contributed by atoms with Crippen LogP contribution in [-0.2, 0) is 6.54 Å². The third kappa shape index (κ3) is 2.94. The second kappa shape index (κ2) is 6.06. The minimum absolute atomic E-state index is 0.172. The number of hydrogen-bond acceptors (Lipinski definition) is 1. The van der Waals surface area contributed by atoms with Gasteiger partial charge in [0.2, 0.25) is 0 Å². The van der Waals surface area contributed by atoms with E-state index in [0.29, 0.717) is 10.5 Å². The van der Waals surface area contributed by atoms with Gasteiger partial charge in [-0.1, -0.05) is 36.4 Å². The number of rotatable bonds is 3. The number of benzene rings is 2. The first-order valence-electron chi connectivity index (χ1n) is 6.97. The van der Waals surface area contributed by atoms with Gasteiger partial charge in [-0.3, -0.25) is 4.90 Å². The summed E-state index contributed by atoms with van der Waals surface area (Å²) in [5.74, 6) is -0.172. The molecule has 3 rings (SSSR count). The number of halogens is 2. The molecule has 104 valence electrons. The Bertz CT molecular complexity index is 585. The van der Waals surface area contributed by atoms with E-state index >= 15 is 0 Å². The zero-order valence-electron chi connectivity index (χ0n) is 11.2. The topological polar surface area (TPSA) is 3.24 Å². The van der Waals surface area contributed by atoms with Crippen LogP contribution in [0.3, 0.4) is 0 Å². The van der Waals surface area contributed by atoms with Crippen LogP contribution in [0.2, 0.25) is 0 Å². The molecule has 3 heteroatoms. The van der Waals surface area contributed by atoms with E-state index in [1.54, 1.807) is 6.07 Å². The Morgan fingerprint density at radius 3 is 2.70 bits per heavy atom. The van der Waals surface area contributed by atoms with Crippen molar-refractivity contribution in [3.05, 3.63) is 69.9 Å². The van der Waals surface area contributed by atoms with Crippen molar-refractivity contribution in [1.82, 2.24) is 4.90 Å². The summed E-state index contributed by atoms with van der Waals surface area (Å²) in [5, 5.41) is 0. The van der Waals surface area contributed by atoms with Gasteiger partial charge in [0.05, 0.1) is 4.47 Å². The smallest absolute Gasteiger partial charge is 0.137 e. The fourth-order valence-corrected chi connectivity index (χ4v) is 3.18. The van der Waals surface area contributed by atoms with Crippen molar-refractivity contribution in [2.24, 2.45) is 0 Å². The van der Waals surface area contributed by atoms with Gasteiger partial charge < -0.3 is 0 Å². The normalized spacial score (nSPS) is 19.4. The lowest BCUT2D eigenvalue weighted by molar-refractivity contribution is 0.248. The van der Waals surface area contributed by atoms with Gasteiger partial charge in [0.15, 0.2) is 0 Å². The lowest BCUT2D eigenvalue weighted by Gasteiger charge is -2.25. The van der Waals surface area contributed by atoms with Gasteiger partial charge in [0.1, 0.15) is 5.82 Å². The van der Waals surface area contributed by atoms with Crippen molar-refractivity contribution in [2.45, 2.75) is 25.4 Å². The van der Waals surface area contributed by atoms with Gasteiger partial charge in [-0.2, -0.15) is 0 Å². The van der Waals surface area contributed by atoms with Crippen molar-refractivity contribution in [3.8, 4) is 0 Å². The van der Waals surface area contributed by atoms with Gasteiger partial charge in [-0.25, -0.2) is 4.39 Å². The molecule has 0 saturated carbocycles. The molecule has 1 aliphatic rings. The van der Waals surface area contributed by atoms with Crippen molar-refractivity contribution in [2.75, 3.05) is 6.54 Å². The van der Waals surface area contributed by atoms with Crippen LogP contribution < -0.4 is 0 Å². The highest BCUT2D eigenvalue weighted by Crippen LogP contribution is 2.34. The van der Waals surface area contributed by atoms with E-state index in [0.717, 1.165) is 25.1 Å². The quantitative estimate of drug-likeness (QED) is 0.770. The average Bonchev–Trinajstić information content (AvgIpc) is 2.91. The molecule has 0 aliphatic carbocycles. The van der Waals surface area contributed by atoms with Gasteiger partial charge in [0.25, 0.3) is 0 Å². The summed E-state index contributed by atoms with van der Waals surface area (Å²) in [5.41, 5.74) is 2.40. The first kappa shape index (κ1) is 13.8. The molecule has 0 spiro atoms. The SMILES string of the molecule is Fc1cc(C2CCCN2Cc2ccccc2)ccc1Br. The number of nitrogens with zero attached hydrogens (tertiary/aromatic N) is 1. The predicted octanol–water partition coefficient (Wildman–Crippen LogP) is 4.93. The summed E-state index contributed by atoms with van der Waals surface area (Å²) < 4.78 is 14.3. The summed E-state index contributed by atoms with van der Waals surface area (Å²) in [6, 6.07) is 16.3. The highest BCUT2D eigenvalue weighted by atomic mass is 79.9. The molecule has 1 saturated heterocycles. The van der Waals surface area contributed by atoms with Gasteiger partial charge >= 0.3 is 0 Å². The Balaban J connectivity index is 1.80. The highest BCUT2D eigenvalue weighted by molar-refractivity contribution is 9.10. The standard InChI is InChI=1S/C17H17BrFN/c18-15-9-8-14(11-16(15)19)17-7-4-10-20(17)12-13-5-2-1-3-6-13/h1-3,5-6,8-9,11,17H,4,7,10,12H2. The number of hydrogen-bond donors (Lipinski definition) is 0. The molecule has 0 N–H and O–H groups in total. The largest absolute Gasteiger partial charge is 0.292 e.